The molecule has 5 heteroatoms. The van der Waals surface area contributed by atoms with Gasteiger partial charge in [0.15, 0.2) is 0 Å². The summed E-state index contributed by atoms with van der Waals surface area (Å²) in [6.07, 6.45) is 1.92. The van der Waals surface area contributed by atoms with Gasteiger partial charge < -0.3 is 9.29 Å². The molecule has 1 fully saturated rings. The van der Waals surface area contributed by atoms with Crippen molar-refractivity contribution in [2.45, 2.75) is 18.4 Å². The van der Waals surface area contributed by atoms with E-state index in [1.807, 2.05) is 0 Å². The molecule has 0 radical (unpaired) electrons. The molecule has 0 aromatic rings. The minimum absolute atomic E-state index is 0.135. The molecule has 0 aliphatic carbocycles. The fourth-order valence-corrected chi connectivity index (χ4v) is 3.53. The SMILES string of the molecule is COC1(CS(=O)[O-])CCCSC1. The molecule has 0 aromatic carbocycles. The maximum atomic E-state index is 10.5. The largest absolute Gasteiger partial charge is 0.772 e. The standard InChI is InChI=1S/C7H14O3S2/c1-10-7(6-12(8)9)3-2-4-11-5-7/h2-6H2,1H3,(H,8,9)/p-1. The first-order valence-corrected chi connectivity index (χ1v) is 6.27. The van der Waals surface area contributed by atoms with E-state index in [2.05, 4.69) is 0 Å². The second kappa shape index (κ2) is 4.60. The molecule has 1 rings (SSSR count). The summed E-state index contributed by atoms with van der Waals surface area (Å²) in [5, 5.41) is 0. The molecule has 0 N–H and O–H groups in total. The second-order valence-electron chi connectivity index (χ2n) is 2.99. The molecule has 0 amide bonds. The number of methoxy groups -OCH3 is 1. The van der Waals surface area contributed by atoms with Crippen molar-refractivity contribution in [1.82, 2.24) is 0 Å². The first kappa shape index (κ1) is 10.5. The van der Waals surface area contributed by atoms with Gasteiger partial charge >= 0.3 is 0 Å². The molecule has 3 nitrogen and oxygen atoms in total. The Balaban J connectivity index is 2.53. The number of hydrogen-bond donors (Lipinski definition) is 0. The Hall–Kier alpha value is 0.420. The van der Waals surface area contributed by atoms with Crippen molar-refractivity contribution in [3.8, 4) is 0 Å². The number of hydrogen-bond acceptors (Lipinski definition) is 4. The van der Waals surface area contributed by atoms with Gasteiger partial charge in [0.1, 0.15) is 0 Å². The second-order valence-corrected chi connectivity index (χ2v) is 4.99. The fourth-order valence-electron chi connectivity index (χ4n) is 1.38. The molecule has 1 aliphatic heterocycles. The Morgan fingerprint density at radius 3 is 2.92 bits per heavy atom. The zero-order valence-electron chi connectivity index (χ0n) is 7.08. The van der Waals surface area contributed by atoms with Crippen LogP contribution in [0.15, 0.2) is 0 Å². The van der Waals surface area contributed by atoms with Gasteiger partial charge in [-0.25, -0.2) is 0 Å². The average molecular weight is 209 g/mol. The van der Waals surface area contributed by atoms with Crippen LogP contribution in [0.25, 0.3) is 0 Å². The topological polar surface area (TPSA) is 49.4 Å². The van der Waals surface area contributed by atoms with E-state index in [-0.39, 0.29) is 5.75 Å². The highest BCUT2D eigenvalue weighted by molar-refractivity contribution is 7.99. The lowest BCUT2D eigenvalue weighted by Crippen LogP contribution is -2.42. The van der Waals surface area contributed by atoms with Crippen LogP contribution in [0.4, 0.5) is 0 Å². The number of thioether (sulfide) groups is 1. The minimum atomic E-state index is -1.99. The van der Waals surface area contributed by atoms with Crippen LogP contribution in [0.2, 0.25) is 0 Å². The third kappa shape index (κ3) is 2.73. The van der Waals surface area contributed by atoms with Gasteiger partial charge in [-0.05, 0) is 18.6 Å². The van der Waals surface area contributed by atoms with E-state index in [0.717, 1.165) is 24.3 Å². The summed E-state index contributed by atoms with van der Waals surface area (Å²) >= 11 is -0.221. The van der Waals surface area contributed by atoms with E-state index in [0.29, 0.717) is 0 Å². The zero-order valence-corrected chi connectivity index (χ0v) is 8.71. The zero-order chi connectivity index (χ0) is 9.03. The minimum Gasteiger partial charge on any atom is -0.772 e. The van der Waals surface area contributed by atoms with Crippen LogP contribution < -0.4 is 0 Å². The summed E-state index contributed by atoms with van der Waals surface area (Å²) in [5.74, 6) is 2.06. The highest BCUT2D eigenvalue weighted by Gasteiger charge is 2.32. The summed E-state index contributed by atoms with van der Waals surface area (Å²) in [5.41, 5.74) is -0.407. The molecule has 1 heterocycles. The lowest BCUT2D eigenvalue weighted by atomic mass is 10.0. The lowest BCUT2D eigenvalue weighted by Gasteiger charge is -2.36. The van der Waals surface area contributed by atoms with Crippen molar-refractivity contribution in [3.05, 3.63) is 0 Å². The maximum absolute atomic E-state index is 10.5. The van der Waals surface area contributed by atoms with Crippen molar-refractivity contribution in [2.75, 3.05) is 24.4 Å². The van der Waals surface area contributed by atoms with Gasteiger partial charge in [-0.3, -0.25) is 4.21 Å². The molecule has 72 valence electrons. The van der Waals surface area contributed by atoms with Gasteiger partial charge in [0.25, 0.3) is 0 Å². The van der Waals surface area contributed by atoms with Crippen molar-refractivity contribution >= 4 is 22.8 Å². The quantitative estimate of drug-likeness (QED) is 0.644. The molecule has 1 saturated heterocycles. The number of rotatable bonds is 3. The van der Waals surface area contributed by atoms with Crippen LogP contribution in [0.5, 0.6) is 0 Å². The molecule has 0 saturated carbocycles. The Morgan fingerprint density at radius 1 is 1.75 bits per heavy atom. The molecule has 0 aromatic heterocycles. The normalized spacial score (nSPS) is 33.2. The van der Waals surface area contributed by atoms with E-state index < -0.39 is 16.7 Å². The summed E-state index contributed by atoms with van der Waals surface area (Å²) in [4.78, 5) is 0. The molecule has 2 atom stereocenters. The third-order valence-corrected chi connectivity index (χ3v) is 4.17. The van der Waals surface area contributed by atoms with E-state index in [1.165, 1.54) is 0 Å². The van der Waals surface area contributed by atoms with Crippen LogP contribution >= 0.6 is 11.8 Å². The number of ether oxygens (including phenoxy) is 1. The van der Waals surface area contributed by atoms with Gasteiger partial charge in [0.2, 0.25) is 0 Å². The summed E-state index contributed by atoms with van der Waals surface area (Å²) in [6, 6.07) is 0. The summed E-state index contributed by atoms with van der Waals surface area (Å²) in [7, 11) is 1.60. The smallest absolute Gasteiger partial charge is 0.0872 e. The predicted molar refractivity (Wildman–Crippen MR) is 50.1 cm³/mol. The Kier molecular flexibility index (Phi) is 4.02. The van der Waals surface area contributed by atoms with Crippen molar-refractivity contribution in [2.24, 2.45) is 0 Å². The fraction of sp³-hybridized carbons (Fsp3) is 1.00. The monoisotopic (exact) mass is 209 g/mol. The first-order valence-electron chi connectivity index (χ1n) is 3.87. The van der Waals surface area contributed by atoms with Crippen LogP contribution in [0.3, 0.4) is 0 Å². The van der Waals surface area contributed by atoms with Gasteiger partial charge in [-0.15, -0.1) is 0 Å². The Bertz CT molecular complexity index is 166. The molecular weight excluding hydrogens is 196 g/mol. The van der Waals surface area contributed by atoms with Crippen molar-refractivity contribution < 1.29 is 13.5 Å². The summed E-state index contributed by atoms with van der Waals surface area (Å²) in [6.45, 7) is 0. The highest BCUT2D eigenvalue weighted by Crippen LogP contribution is 2.29. The lowest BCUT2D eigenvalue weighted by molar-refractivity contribution is 0.0198. The van der Waals surface area contributed by atoms with E-state index in [9.17, 15) is 8.76 Å². The Morgan fingerprint density at radius 2 is 2.50 bits per heavy atom. The molecule has 2 unspecified atom stereocenters. The van der Waals surface area contributed by atoms with Crippen LogP contribution in [-0.2, 0) is 15.8 Å². The van der Waals surface area contributed by atoms with E-state index in [4.69, 9.17) is 4.74 Å². The predicted octanol–water partition coefficient (Wildman–Crippen LogP) is 0.778. The van der Waals surface area contributed by atoms with Crippen molar-refractivity contribution in [3.63, 3.8) is 0 Å². The average Bonchev–Trinajstić information content (AvgIpc) is 2.05. The van der Waals surface area contributed by atoms with Crippen LogP contribution in [0, 0.1) is 0 Å². The first-order chi connectivity index (χ1) is 5.68. The summed E-state index contributed by atoms with van der Waals surface area (Å²) < 4.78 is 26.4. The van der Waals surface area contributed by atoms with E-state index in [1.54, 1.807) is 18.9 Å². The van der Waals surface area contributed by atoms with Gasteiger partial charge in [0, 0.05) is 18.6 Å². The Labute approximate surface area is 79.5 Å². The molecule has 0 spiro atoms. The van der Waals surface area contributed by atoms with Crippen molar-refractivity contribution in [1.29, 1.82) is 0 Å². The van der Waals surface area contributed by atoms with Gasteiger partial charge in [-0.2, -0.15) is 11.8 Å². The van der Waals surface area contributed by atoms with Crippen LogP contribution in [0.1, 0.15) is 12.8 Å². The molecular formula is C7H13O3S2-. The molecule has 0 bridgehead atoms. The van der Waals surface area contributed by atoms with E-state index >= 15 is 0 Å². The maximum Gasteiger partial charge on any atom is 0.0872 e. The highest BCUT2D eigenvalue weighted by atomic mass is 32.2. The van der Waals surface area contributed by atoms with Gasteiger partial charge in [0.05, 0.1) is 5.60 Å². The molecule has 12 heavy (non-hydrogen) atoms. The van der Waals surface area contributed by atoms with Crippen LogP contribution in [-0.4, -0.2) is 38.7 Å². The third-order valence-electron chi connectivity index (χ3n) is 2.10. The van der Waals surface area contributed by atoms with Gasteiger partial charge in [-0.1, -0.05) is 11.1 Å². The molecule has 1 aliphatic rings.